The Bertz CT molecular complexity index is 805. The van der Waals surface area contributed by atoms with Crippen LogP contribution < -0.4 is 4.78 Å². The fraction of sp³-hybridized carbons (Fsp3) is 0.389. The van der Waals surface area contributed by atoms with E-state index < -0.39 is 13.2 Å². The number of carbonyl (C=O) groups is 1. The smallest absolute Gasteiger partial charge is 0.423 e. The molecule has 1 aliphatic heterocycles. The van der Waals surface area contributed by atoms with E-state index in [0.29, 0.717) is 23.4 Å². The molecule has 2 heterocycles. The van der Waals surface area contributed by atoms with Gasteiger partial charge in [-0.2, -0.15) is 0 Å². The average molecular weight is 359 g/mol. The molecular weight excluding hydrogens is 340 g/mol. The summed E-state index contributed by atoms with van der Waals surface area (Å²) in [6.45, 7) is 1.18. The highest BCUT2D eigenvalue weighted by molar-refractivity contribution is 7.22. The minimum absolute atomic E-state index is 0.0447. The lowest BCUT2D eigenvalue weighted by atomic mass is 9.88. The molecule has 1 fully saturated rings. The summed E-state index contributed by atoms with van der Waals surface area (Å²) in [4.78, 5) is 16.0. The van der Waals surface area contributed by atoms with Crippen LogP contribution in [0.3, 0.4) is 0 Å². The molecule has 1 aromatic heterocycles. The van der Waals surface area contributed by atoms with E-state index in [4.69, 9.17) is 0 Å². The molecule has 1 aromatic carbocycles. The number of Topliss-reactive ketones (excluding diaryl/α,β-unsaturated/α-hetero) is 1. The quantitative estimate of drug-likeness (QED) is 0.797. The van der Waals surface area contributed by atoms with Crippen molar-refractivity contribution in [2.45, 2.75) is 31.8 Å². The van der Waals surface area contributed by atoms with Gasteiger partial charge in [-0.25, -0.2) is 4.39 Å². The predicted octanol–water partition coefficient (Wildman–Crippen LogP) is 1.65. The normalized spacial score (nSPS) is 18.7. The number of nitrogens with zero attached hydrogens (tertiary/aromatic N) is 1. The van der Waals surface area contributed by atoms with E-state index in [-0.39, 0.29) is 17.5 Å². The first-order valence-corrected chi connectivity index (χ1v) is 9.36. The largest absolute Gasteiger partial charge is 0.499 e. The fourth-order valence-electron chi connectivity index (χ4n) is 3.54. The number of thiophene rings is 1. The van der Waals surface area contributed by atoms with E-state index in [1.54, 1.807) is 24.3 Å². The van der Waals surface area contributed by atoms with E-state index in [0.717, 1.165) is 29.7 Å². The Hall–Kier alpha value is -1.54. The van der Waals surface area contributed by atoms with Crippen molar-refractivity contribution in [1.82, 2.24) is 4.90 Å². The van der Waals surface area contributed by atoms with Crippen molar-refractivity contribution in [1.29, 1.82) is 0 Å². The molecule has 2 aliphatic rings. The van der Waals surface area contributed by atoms with Crippen molar-refractivity contribution in [2.75, 3.05) is 6.54 Å². The van der Waals surface area contributed by atoms with Gasteiger partial charge in [0.25, 0.3) is 0 Å². The molecule has 4 rings (SSSR count). The topological polar surface area (TPSA) is 60.8 Å². The molecule has 0 bridgehead atoms. The average Bonchev–Trinajstić information content (AvgIpc) is 3.35. The zero-order valence-corrected chi connectivity index (χ0v) is 14.5. The highest BCUT2D eigenvalue weighted by atomic mass is 32.1. The van der Waals surface area contributed by atoms with Gasteiger partial charge in [0.05, 0.1) is 6.04 Å². The molecule has 1 unspecified atom stereocenters. The SMILES string of the molecule is O=C(C1CC1)C(c1ccccc1F)N1CCc2sc(B(O)O)cc2C1. The van der Waals surface area contributed by atoms with Gasteiger partial charge in [0, 0.05) is 34.2 Å². The van der Waals surface area contributed by atoms with Crippen molar-refractivity contribution in [3.05, 3.63) is 52.2 Å². The van der Waals surface area contributed by atoms with Gasteiger partial charge in [0.1, 0.15) is 5.82 Å². The molecule has 130 valence electrons. The summed E-state index contributed by atoms with van der Waals surface area (Å²) in [7, 11) is -1.47. The molecule has 0 radical (unpaired) electrons. The van der Waals surface area contributed by atoms with Gasteiger partial charge in [0.15, 0.2) is 5.78 Å². The second-order valence-corrected chi connectivity index (χ2v) is 7.96. The first kappa shape index (κ1) is 16.9. The van der Waals surface area contributed by atoms with E-state index in [1.165, 1.54) is 17.4 Å². The Morgan fingerprint density at radius 3 is 2.76 bits per heavy atom. The molecular formula is C18H19BFNO3S. The molecule has 1 atom stereocenters. The molecule has 0 spiro atoms. The number of hydrogen-bond acceptors (Lipinski definition) is 5. The minimum Gasteiger partial charge on any atom is -0.423 e. The summed E-state index contributed by atoms with van der Waals surface area (Å²) >= 11 is 1.40. The summed E-state index contributed by atoms with van der Waals surface area (Å²) in [5, 5.41) is 18.8. The van der Waals surface area contributed by atoms with Crippen LogP contribution in [0.25, 0.3) is 0 Å². The van der Waals surface area contributed by atoms with Gasteiger partial charge >= 0.3 is 7.12 Å². The van der Waals surface area contributed by atoms with Gasteiger partial charge < -0.3 is 10.0 Å². The zero-order valence-electron chi connectivity index (χ0n) is 13.7. The number of carbonyl (C=O) groups excluding carboxylic acids is 1. The fourth-order valence-corrected chi connectivity index (χ4v) is 4.58. The Kier molecular flexibility index (Phi) is 4.49. The summed E-state index contributed by atoms with van der Waals surface area (Å²) in [6.07, 6.45) is 2.51. The van der Waals surface area contributed by atoms with E-state index in [9.17, 15) is 19.2 Å². The standard InChI is InChI=1S/C18H19BFNO3S/c20-14-4-2-1-3-13(14)17(18(22)11-5-6-11)21-8-7-15-12(10-21)9-16(25-15)19(23)24/h1-4,9,11,17,23-24H,5-8,10H2. The molecule has 1 saturated carbocycles. The van der Waals surface area contributed by atoms with Crippen LogP contribution in [0.2, 0.25) is 0 Å². The Labute approximate surface area is 150 Å². The molecule has 7 heteroatoms. The molecule has 1 aliphatic carbocycles. The zero-order chi connectivity index (χ0) is 17.6. The van der Waals surface area contributed by atoms with E-state index in [1.807, 2.05) is 4.90 Å². The second-order valence-electron chi connectivity index (χ2n) is 6.79. The summed E-state index contributed by atoms with van der Waals surface area (Å²) in [6, 6.07) is 7.74. The highest BCUT2D eigenvalue weighted by Gasteiger charge is 2.40. The van der Waals surface area contributed by atoms with Crippen molar-refractivity contribution in [2.24, 2.45) is 5.92 Å². The van der Waals surface area contributed by atoms with Crippen LogP contribution in [0.4, 0.5) is 4.39 Å². The van der Waals surface area contributed by atoms with Crippen LogP contribution in [-0.2, 0) is 17.8 Å². The van der Waals surface area contributed by atoms with Crippen LogP contribution in [0.1, 0.15) is 34.9 Å². The van der Waals surface area contributed by atoms with Crippen LogP contribution in [0, 0.1) is 11.7 Å². The minimum atomic E-state index is -1.47. The summed E-state index contributed by atoms with van der Waals surface area (Å²) in [5.41, 5.74) is 1.45. The van der Waals surface area contributed by atoms with Crippen LogP contribution >= 0.6 is 11.3 Å². The Morgan fingerprint density at radius 1 is 1.32 bits per heavy atom. The second kappa shape index (κ2) is 6.65. The van der Waals surface area contributed by atoms with Gasteiger partial charge in [-0.1, -0.05) is 18.2 Å². The van der Waals surface area contributed by atoms with Gasteiger partial charge in [0.2, 0.25) is 0 Å². The molecule has 4 nitrogen and oxygen atoms in total. The third-order valence-electron chi connectivity index (χ3n) is 4.98. The number of halogens is 1. The monoisotopic (exact) mass is 359 g/mol. The molecule has 0 amide bonds. The van der Waals surface area contributed by atoms with Crippen molar-refractivity contribution >= 4 is 29.0 Å². The van der Waals surface area contributed by atoms with E-state index >= 15 is 0 Å². The maximum atomic E-state index is 14.4. The molecule has 25 heavy (non-hydrogen) atoms. The van der Waals surface area contributed by atoms with Gasteiger partial charge in [-0.05, 0) is 37.0 Å². The van der Waals surface area contributed by atoms with Crippen molar-refractivity contribution in [3.8, 4) is 0 Å². The van der Waals surface area contributed by atoms with Crippen molar-refractivity contribution in [3.63, 3.8) is 0 Å². The lowest BCUT2D eigenvalue weighted by Gasteiger charge is -2.34. The van der Waals surface area contributed by atoms with Gasteiger partial charge in [-0.15, -0.1) is 11.3 Å². The number of fused-ring (bicyclic) bond motifs is 1. The number of rotatable bonds is 5. The third-order valence-corrected chi connectivity index (χ3v) is 6.26. The number of ketones is 1. The number of benzene rings is 1. The lowest BCUT2D eigenvalue weighted by molar-refractivity contribution is -0.126. The van der Waals surface area contributed by atoms with Crippen LogP contribution in [-0.4, -0.2) is 34.4 Å². The highest BCUT2D eigenvalue weighted by Crippen LogP contribution is 2.39. The van der Waals surface area contributed by atoms with Crippen LogP contribution in [0.5, 0.6) is 0 Å². The first-order chi connectivity index (χ1) is 12.0. The maximum absolute atomic E-state index is 14.4. The van der Waals surface area contributed by atoms with E-state index in [2.05, 4.69) is 0 Å². The third kappa shape index (κ3) is 3.29. The van der Waals surface area contributed by atoms with Crippen molar-refractivity contribution < 1.29 is 19.2 Å². The van der Waals surface area contributed by atoms with Gasteiger partial charge in [-0.3, -0.25) is 9.69 Å². The Balaban J connectivity index is 1.66. The molecule has 2 aromatic rings. The summed E-state index contributed by atoms with van der Waals surface area (Å²) in [5.74, 6) is -0.196. The number of hydrogen-bond donors (Lipinski definition) is 2. The predicted molar refractivity (Wildman–Crippen MR) is 95.1 cm³/mol. The molecule has 2 N–H and O–H groups in total. The lowest BCUT2D eigenvalue weighted by Crippen LogP contribution is -2.38. The molecule has 0 saturated heterocycles. The summed E-state index contributed by atoms with van der Waals surface area (Å²) < 4.78 is 14.9. The first-order valence-electron chi connectivity index (χ1n) is 8.54. The van der Waals surface area contributed by atoms with Crippen LogP contribution in [0.15, 0.2) is 30.3 Å². The maximum Gasteiger partial charge on any atom is 0.499 e. The Morgan fingerprint density at radius 2 is 2.08 bits per heavy atom.